The van der Waals surface area contributed by atoms with Crippen LogP contribution in [0.5, 0.6) is 5.75 Å². The molecule has 0 atom stereocenters. The van der Waals surface area contributed by atoms with Crippen molar-refractivity contribution >= 4 is 17.3 Å². The van der Waals surface area contributed by atoms with Crippen LogP contribution < -0.4 is 4.74 Å². The quantitative estimate of drug-likeness (QED) is 0.755. The first-order valence-electron chi connectivity index (χ1n) is 7.17. The van der Waals surface area contributed by atoms with E-state index in [-0.39, 0.29) is 23.8 Å². The molecule has 4 heteroatoms. The number of rotatable bonds is 6. The zero-order valence-corrected chi connectivity index (χ0v) is 12.5. The Labute approximate surface area is 124 Å². The minimum atomic E-state index is -1.000. The predicted octanol–water partition coefficient (Wildman–Crippen LogP) is 2.53. The van der Waals surface area contributed by atoms with Crippen LogP contribution in [0.4, 0.5) is 0 Å². The SMILES string of the molecule is COc1ccc(CC2(CCC(C)=O)C(=O)CCC2=O)cc1. The molecule has 4 nitrogen and oxygen atoms in total. The summed E-state index contributed by atoms with van der Waals surface area (Å²) in [6.07, 6.45) is 1.57. The normalized spacial score (nSPS) is 17.0. The van der Waals surface area contributed by atoms with Gasteiger partial charge in [-0.15, -0.1) is 0 Å². The summed E-state index contributed by atoms with van der Waals surface area (Å²) in [4.78, 5) is 35.8. The van der Waals surface area contributed by atoms with E-state index in [4.69, 9.17) is 4.74 Å². The van der Waals surface area contributed by atoms with Crippen LogP contribution in [-0.4, -0.2) is 24.5 Å². The molecule has 1 aromatic rings. The lowest BCUT2D eigenvalue weighted by atomic mass is 9.74. The second-order valence-corrected chi connectivity index (χ2v) is 5.66. The van der Waals surface area contributed by atoms with E-state index in [1.807, 2.05) is 24.3 Å². The smallest absolute Gasteiger partial charge is 0.147 e. The molecule has 1 aliphatic rings. The molecule has 0 N–H and O–H groups in total. The maximum Gasteiger partial charge on any atom is 0.147 e. The van der Waals surface area contributed by atoms with Gasteiger partial charge in [0.15, 0.2) is 0 Å². The summed E-state index contributed by atoms with van der Waals surface area (Å²) in [7, 11) is 1.59. The number of carbonyl (C=O) groups is 3. The van der Waals surface area contributed by atoms with Crippen molar-refractivity contribution in [3.63, 3.8) is 0 Å². The summed E-state index contributed by atoms with van der Waals surface area (Å²) in [6.45, 7) is 1.49. The summed E-state index contributed by atoms with van der Waals surface area (Å²) >= 11 is 0. The van der Waals surface area contributed by atoms with Crippen molar-refractivity contribution < 1.29 is 19.1 Å². The highest BCUT2D eigenvalue weighted by molar-refractivity contribution is 6.13. The minimum Gasteiger partial charge on any atom is -0.497 e. The van der Waals surface area contributed by atoms with Gasteiger partial charge in [-0.25, -0.2) is 0 Å². The molecule has 0 radical (unpaired) electrons. The van der Waals surface area contributed by atoms with Crippen LogP contribution in [0.2, 0.25) is 0 Å². The number of ketones is 3. The summed E-state index contributed by atoms with van der Waals surface area (Å²) in [6, 6.07) is 7.37. The van der Waals surface area contributed by atoms with Gasteiger partial charge in [0.25, 0.3) is 0 Å². The Kier molecular flexibility index (Phi) is 4.56. The summed E-state index contributed by atoms with van der Waals surface area (Å²) in [5.74, 6) is 0.700. The fourth-order valence-electron chi connectivity index (χ4n) is 2.91. The number of hydrogen-bond donors (Lipinski definition) is 0. The van der Waals surface area contributed by atoms with Crippen molar-refractivity contribution in [1.82, 2.24) is 0 Å². The number of methoxy groups -OCH3 is 1. The van der Waals surface area contributed by atoms with Gasteiger partial charge in [-0.05, 0) is 37.5 Å². The number of ether oxygens (including phenoxy) is 1. The number of hydrogen-bond acceptors (Lipinski definition) is 4. The Morgan fingerprint density at radius 2 is 1.71 bits per heavy atom. The molecule has 0 saturated heterocycles. The minimum absolute atomic E-state index is 0.0107. The summed E-state index contributed by atoms with van der Waals surface area (Å²) in [5.41, 5.74) is -0.0803. The van der Waals surface area contributed by atoms with Gasteiger partial charge in [0.05, 0.1) is 12.5 Å². The molecular formula is C17H20O4. The first-order chi connectivity index (χ1) is 9.98. The maximum atomic E-state index is 12.3. The molecule has 0 bridgehead atoms. The van der Waals surface area contributed by atoms with Gasteiger partial charge in [-0.2, -0.15) is 0 Å². The third-order valence-corrected chi connectivity index (χ3v) is 4.22. The Bertz CT molecular complexity index is 541. The molecular weight excluding hydrogens is 268 g/mol. The molecule has 1 fully saturated rings. The van der Waals surface area contributed by atoms with E-state index in [1.54, 1.807) is 7.11 Å². The third kappa shape index (κ3) is 3.20. The van der Waals surface area contributed by atoms with E-state index < -0.39 is 5.41 Å². The van der Waals surface area contributed by atoms with Crippen molar-refractivity contribution in [3.8, 4) is 5.75 Å². The summed E-state index contributed by atoms with van der Waals surface area (Å²) < 4.78 is 5.11. The molecule has 0 spiro atoms. The number of Topliss-reactive ketones (excluding diaryl/α,β-unsaturated/α-hetero) is 3. The van der Waals surface area contributed by atoms with Gasteiger partial charge in [-0.3, -0.25) is 9.59 Å². The van der Waals surface area contributed by atoms with Crippen molar-refractivity contribution in [1.29, 1.82) is 0 Å². The highest BCUT2D eigenvalue weighted by atomic mass is 16.5. The van der Waals surface area contributed by atoms with Crippen LogP contribution in [0, 0.1) is 5.41 Å². The molecule has 21 heavy (non-hydrogen) atoms. The molecule has 1 saturated carbocycles. The van der Waals surface area contributed by atoms with Gasteiger partial charge in [-0.1, -0.05) is 12.1 Å². The van der Waals surface area contributed by atoms with Gasteiger partial charge < -0.3 is 9.53 Å². The lowest BCUT2D eigenvalue weighted by Gasteiger charge is -2.25. The average Bonchev–Trinajstić information content (AvgIpc) is 2.74. The second-order valence-electron chi connectivity index (χ2n) is 5.66. The van der Waals surface area contributed by atoms with Crippen molar-refractivity contribution in [2.24, 2.45) is 5.41 Å². The second kappa shape index (κ2) is 6.20. The fraction of sp³-hybridized carbons (Fsp3) is 0.471. The molecule has 1 aliphatic carbocycles. The lowest BCUT2D eigenvalue weighted by molar-refractivity contribution is -0.135. The lowest BCUT2D eigenvalue weighted by Crippen LogP contribution is -2.35. The predicted molar refractivity (Wildman–Crippen MR) is 78.3 cm³/mol. The standard InChI is InChI=1S/C17H20O4/c1-12(18)9-10-17(15(19)7-8-16(17)20)11-13-3-5-14(21-2)6-4-13/h3-6H,7-11H2,1-2H3. The zero-order chi connectivity index (χ0) is 15.5. The van der Waals surface area contributed by atoms with Crippen LogP contribution in [0.15, 0.2) is 24.3 Å². The first-order valence-corrected chi connectivity index (χ1v) is 7.17. The van der Waals surface area contributed by atoms with Gasteiger partial charge in [0.1, 0.15) is 23.1 Å². The van der Waals surface area contributed by atoms with E-state index >= 15 is 0 Å². The number of benzene rings is 1. The molecule has 112 valence electrons. The summed E-state index contributed by atoms with van der Waals surface area (Å²) in [5, 5.41) is 0. The molecule has 0 unspecified atom stereocenters. The largest absolute Gasteiger partial charge is 0.497 e. The Hall–Kier alpha value is -1.97. The molecule has 0 amide bonds. The van der Waals surface area contributed by atoms with Crippen LogP contribution >= 0.6 is 0 Å². The van der Waals surface area contributed by atoms with Crippen LogP contribution in [-0.2, 0) is 20.8 Å². The van der Waals surface area contributed by atoms with Crippen molar-refractivity contribution in [2.45, 2.75) is 39.0 Å². The van der Waals surface area contributed by atoms with Gasteiger partial charge in [0.2, 0.25) is 0 Å². The van der Waals surface area contributed by atoms with E-state index in [9.17, 15) is 14.4 Å². The highest BCUT2D eigenvalue weighted by Gasteiger charge is 2.48. The van der Waals surface area contributed by atoms with E-state index in [0.29, 0.717) is 25.7 Å². The third-order valence-electron chi connectivity index (χ3n) is 4.22. The molecule has 2 rings (SSSR count). The zero-order valence-electron chi connectivity index (χ0n) is 12.5. The van der Waals surface area contributed by atoms with Crippen molar-refractivity contribution in [3.05, 3.63) is 29.8 Å². The van der Waals surface area contributed by atoms with Crippen LogP contribution in [0.3, 0.4) is 0 Å². The molecule has 1 aromatic carbocycles. The molecule has 0 aromatic heterocycles. The topological polar surface area (TPSA) is 60.4 Å². The maximum absolute atomic E-state index is 12.3. The van der Waals surface area contributed by atoms with Gasteiger partial charge >= 0.3 is 0 Å². The Balaban J connectivity index is 2.24. The van der Waals surface area contributed by atoms with Gasteiger partial charge in [0, 0.05) is 19.3 Å². The monoisotopic (exact) mass is 288 g/mol. The van der Waals surface area contributed by atoms with E-state index in [2.05, 4.69) is 0 Å². The van der Waals surface area contributed by atoms with Crippen LogP contribution in [0.1, 0.15) is 38.2 Å². The fourth-order valence-corrected chi connectivity index (χ4v) is 2.91. The highest BCUT2D eigenvalue weighted by Crippen LogP contribution is 2.39. The first kappa shape index (κ1) is 15.4. The Morgan fingerprint density at radius 3 is 2.19 bits per heavy atom. The van der Waals surface area contributed by atoms with Crippen LogP contribution in [0.25, 0.3) is 0 Å². The molecule has 0 aliphatic heterocycles. The Morgan fingerprint density at radius 1 is 1.14 bits per heavy atom. The van der Waals surface area contributed by atoms with E-state index in [1.165, 1.54) is 6.92 Å². The number of carbonyl (C=O) groups excluding carboxylic acids is 3. The van der Waals surface area contributed by atoms with Crippen molar-refractivity contribution in [2.75, 3.05) is 7.11 Å². The average molecular weight is 288 g/mol. The van der Waals surface area contributed by atoms with E-state index in [0.717, 1.165) is 11.3 Å². The molecule has 0 heterocycles.